The molecule has 3 nitrogen and oxygen atoms in total. The van der Waals surface area contributed by atoms with E-state index in [-0.39, 0.29) is 14.5 Å². The molecular weight excluding hydrogens is 589 g/mol. The molecule has 2 heterocycles. The van der Waals surface area contributed by atoms with Gasteiger partial charge in [-0.15, -0.1) is 0 Å². The summed E-state index contributed by atoms with van der Waals surface area (Å²) in [5, 5.41) is 10.1. The topological polar surface area (TPSA) is 38.7 Å². The van der Waals surface area contributed by atoms with Gasteiger partial charge in [-0.25, -0.2) is 0 Å². The number of hydrogen-bond acceptors (Lipinski definition) is 3. The van der Waals surface area contributed by atoms with Crippen molar-refractivity contribution in [2.24, 2.45) is 0 Å². The Morgan fingerprint density at radius 3 is 1.95 bits per heavy atom. The molecule has 0 aliphatic heterocycles. The van der Waals surface area contributed by atoms with E-state index in [0.717, 1.165) is 27.5 Å². The van der Waals surface area contributed by atoms with E-state index < -0.39 is 0 Å². The summed E-state index contributed by atoms with van der Waals surface area (Å²) in [6.45, 7) is 0. The van der Waals surface area contributed by atoms with Crippen molar-refractivity contribution < 1.29 is 0 Å². The zero-order chi connectivity index (χ0) is 28.3. The van der Waals surface area contributed by atoms with Gasteiger partial charge in [0.25, 0.3) is 0 Å². The number of benzene rings is 7. The standard InChI is InChI=1S/C39H23N3Se/c1-2-10-26(11-3-1)37-40-38(28-18-17-24-9-4-5-12-27(24)23-28)42-39(41-37)33-15-8-14-31-29(33)21-19-25-20-22-32-30-13-6-7-16-34(30)43-36(32)35(25)31/h1-23H. The van der Waals surface area contributed by atoms with Crippen LogP contribution in [-0.2, 0) is 0 Å². The molecule has 9 aromatic rings. The van der Waals surface area contributed by atoms with Gasteiger partial charge < -0.3 is 0 Å². The average Bonchev–Trinajstić information content (AvgIpc) is 3.47. The molecular formula is C39H23N3Se. The summed E-state index contributed by atoms with van der Waals surface area (Å²) in [5.41, 5.74) is 2.96. The Bertz CT molecular complexity index is 2510. The Balaban J connectivity index is 1.32. The van der Waals surface area contributed by atoms with Crippen molar-refractivity contribution in [3.8, 4) is 34.2 Å². The third kappa shape index (κ3) is 3.99. The van der Waals surface area contributed by atoms with Gasteiger partial charge in [-0.05, 0) is 0 Å². The fourth-order valence-electron chi connectivity index (χ4n) is 6.22. The predicted octanol–water partition coefficient (Wildman–Crippen LogP) is 9.70. The van der Waals surface area contributed by atoms with Gasteiger partial charge in [0.05, 0.1) is 0 Å². The molecule has 0 bridgehead atoms. The minimum absolute atomic E-state index is 0.257. The van der Waals surface area contributed by atoms with Crippen LogP contribution in [0.3, 0.4) is 0 Å². The molecule has 7 aromatic carbocycles. The molecule has 0 amide bonds. The molecule has 0 atom stereocenters. The first-order valence-corrected chi connectivity index (χ1v) is 16.1. The molecule has 0 saturated carbocycles. The van der Waals surface area contributed by atoms with Crippen LogP contribution >= 0.6 is 0 Å². The monoisotopic (exact) mass is 613 g/mol. The molecule has 9 rings (SSSR count). The summed E-state index contributed by atoms with van der Waals surface area (Å²) >= 11 is 0.257. The van der Waals surface area contributed by atoms with Crippen LogP contribution in [0.5, 0.6) is 0 Å². The number of rotatable bonds is 3. The van der Waals surface area contributed by atoms with Gasteiger partial charge in [0.2, 0.25) is 0 Å². The van der Waals surface area contributed by atoms with Crippen LogP contribution in [0.15, 0.2) is 140 Å². The third-order valence-electron chi connectivity index (χ3n) is 8.30. The van der Waals surface area contributed by atoms with Gasteiger partial charge in [0.15, 0.2) is 0 Å². The summed E-state index contributed by atoms with van der Waals surface area (Å²) in [7, 11) is 0. The number of aromatic nitrogens is 3. The van der Waals surface area contributed by atoms with Crippen LogP contribution in [0.2, 0.25) is 0 Å². The van der Waals surface area contributed by atoms with Crippen LogP contribution in [-0.4, -0.2) is 29.5 Å². The number of nitrogens with zero attached hydrogens (tertiary/aromatic N) is 3. The fraction of sp³-hybridized carbons (Fsp3) is 0. The van der Waals surface area contributed by atoms with E-state index in [0.29, 0.717) is 17.5 Å². The molecule has 4 heteroatoms. The Morgan fingerprint density at radius 1 is 0.395 bits per heavy atom. The van der Waals surface area contributed by atoms with E-state index in [2.05, 4.69) is 121 Å². The number of fused-ring (bicyclic) bond motifs is 8. The average molecular weight is 613 g/mol. The molecule has 0 radical (unpaired) electrons. The van der Waals surface area contributed by atoms with Crippen LogP contribution in [0.1, 0.15) is 0 Å². The molecule has 0 N–H and O–H groups in total. The van der Waals surface area contributed by atoms with E-state index in [1.54, 1.807) is 0 Å². The van der Waals surface area contributed by atoms with Crippen molar-refractivity contribution in [2.75, 3.05) is 0 Å². The van der Waals surface area contributed by atoms with E-state index in [9.17, 15) is 0 Å². The van der Waals surface area contributed by atoms with Crippen LogP contribution < -0.4 is 0 Å². The Hall–Kier alpha value is -5.15. The van der Waals surface area contributed by atoms with E-state index >= 15 is 0 Å². The van der Waals surface area contributed by atoms with Gasteiger partial charge in [-0.1, -0.05) is 18.2 Å². The summed E-state index contributed by atoms with van der Waals surface area (Å²) in [6, 6.07) is 49.4. The van der Waals surface area contributed by atoms with Gasteiger partial charge in [-0.3, -0.25) is 0 Å². The van der Waals surface area contributed by atoms with Crippen molar-refractivity contribution in [2.45, 2.75) is 0 Å². The molecule has 0 saturated heterocycles. The first-order valence-electron chi connectivity index (χ1n) is 14.4. The summed E-state index contributed by atoms with van der Waals surface area (Å²) in [5.74, 6) is 2.03. The van der Waals surface area contributed by atoms with Gasteiger partial charge >= 0.3 is 237 Å². The third-order valence-corrected chi connectivity index (χ3v) is 10.8. The molecule has 43 heavy (non-hydrogen) atoms. The van der Waals surface area contributed by atoms with E-state index in [1.165, 1.54) is 40.8 Å². The number of hydrogen-bond donors (Lipinski definition) is 0. The van der Waals surface area contributed by atoms with Gasteiger partial charge in [0.1, 0.15) is 0 Å². The second-order valence-electron chi connectivity index (χ2n) is 10.8. The summed E-state index contributed by atoms with van der Waals surface area (Å²) < 4.78 is 2.92. The molecule has 2 aromatic heterocycles. The molecule has 0 fully saturated rings. The fourth-order valence-corrected chi connectivity index (χ4v) is 8.89. The van der Waals surface area contributed by atoms with Crippen molar-refractivity contribution in [1.29, 1.82) is 0 Å². The second-order valence-corrected chi connectivity index (χ2v) is 13.0. The van der Waals surface area contributed by atoms with Crippen molar-refractivity contribution in [3.63, 3.8) is 0 Å². The second kappa shape index (κ2) is 9.71. The predicted molar refractivity (Wildman–Crippen MR) is 181 cm³/mol. The minimum atomic E-state index is 0.257. The first kappa shape index (κ1) is 24.4. The Morgan fingerprint density at radius 2 is 1.07 bits per heavy atom. The van der Waals surface area contributed by atoms with E-state index in [4.69, 9.17) is 15.0 Å². The van der Waals surface area contributed by atoms with Crippen LogP contribution in [0, 0.1) is 0 Å². The molecule has 0 unspecified atom stereocenters. The van der Waals surface area contributed by atoms with Crippen LogP contribution in [0.25, 0.3) is 85.8 Å². The zero-order valence-corrected chi connectivity index (χ0v) is 24.7. The maximum absolute atomic E-state index is 5.12. The quantitative estimate of drug-likeness (QED) is 0.147. The summed E-state index contributed by atoms with van der Waals surface area (Å²) in [6.07, 6.45) is 0. The SMILES string of the molecule is c1ccc(-c2nc(-c3ccc4ccccc4c3)nc(-c3cccc4c3ccc3ccc5c6ccccc6[se]c5c34)n2)cc1. The molecule has 200 valence electrons. The normalized spacial score (nSPS) is 11.7. The molecule has 0 aliphatic rings. The summed E-state index contributed by atoms with van der Waals surface area (Å²) in [4.78, 5) is 15.2. The van der Waals surface area contributed by atoms with E-state index in [1.807, 2.05) is 18.2 Å². The molecule has 0 aliphatic carbocycles. The molecule has 0 spiro atoms. The zero-order valence-electron chi connectivity index (χ0n) is 23.0. The Kier molecular flexibility index (Phi) is 5.52. The van der Waals surface area contributed by atoms with Gasteiger partial charge in [-0.2, -0.15) is 0 Å². The Labute approximate surface area is 253 Å². The van der Waals surface area contributed by atoms with Crippen molar-refractivity contribution in [1.82, 2.24) is 15.0 Å². The maximum atomic E-state index is 5.12. The van der Waals surface area contributed by atoms with Gasteiger partial charge in [0, 0.05) is 0 Å². The first-order chi connectivity index (χ1) is 21.3. The van der Waals surface area contributed by atoms with Crippen LogP contribution in [0.4, 0.5) is 0 Å². The van der Waals surface area contributed by atoms with Crippen molar-refractivity contribution >= 4 is 66.1 Å². The van der Waals surface area contributed by atoms with Crippen molar-refractivity contribution in [3.05, 3.63) is 140 Å².